The third-order valence-corrected chi connectivity index (χ3v) is 3.21. The second kappa shape index (κ2) is 7.09. The molecule has 2 aromatic heterocycles. The molecule has 10 nitrogen and oxygen atoms in total. The highest BCUT2D eigenvalue weighted by atomic mass is 19.4. The molecule has 0 fully saturated rings. The van der Waals surface area contributed by atoms with Gasteiger partial charge in [0.25, 0.3) is 11.9 Å². The van der Waals surface area contributed by atoms with Crippen LogP contribution in [0.3, 0.4) is 0 Å². The summed E-state index contributed by atoms with van der Waals surface area (Å²) in [5, 5.41) is 20.3. The van der Waals surface area contributed by atoms with E-state index in [-0.39, 0.29) is 18.2 Å². The molecule has 0 spiro atoms. The van der Waals surface area contributed by atoms with Gasteiger partial charge in [0.05, 0.1) is 0 Å². The minimum atomic E-state index is -4.72. The lowest BCUT2D eigenvalue weighted by molar-refractivity contribution is -0.144. The molecule has 0 radical (unpaired) electrons. The van der Waals surface area contributed by atoms with E-state index in [4.69, 9.17) is 5.11 Å². The van der Waals surface area contributed by atoms with Gasteiger partial charge in [-0.2, -0.15) is 22.8 Å². The van der Waals surface area contributed by atoms with Gasteiger partial charge >= 0.3 is 12.1 Å². The number of carboxylic acid groups (broad SMARTS) is 1. The fraction of sp³-hybridized carbons (Fsp3) is 0.538. The lowest BCUT2D eigenvalue weighted by Crippen LogP contribution is -2.42. The summed E-state index contributed by atoms with van der Waals surface area (Å²) in [6.45, 7) is 4.97. The molecule has 0 aliphatic carbocycles. The lowest BCUT2D eigenvalue weighted by atomic mass is 10.0. The zero-order valence-corrected chi connectivity index (χ0v) is 14.0. The molecule has 0 aliphatic heterocycles. The number of hydrogen-bond donors (Lipinski definition) is 3. The van der Waals surface area contributed by atoms with E-state index in [1.807, 2.05) is 0 Å². The van der Waals surface area contributed by atoms with Gasteiger partial charge in [-0.3, -0.25) is 9.89 Å². The average Bonchev–Trinajstić information content (AvgIpc) is 3.11. The Kier molecular flexibility index (Phi) is 5.28. The Bertz CT molecular complexity index is 812. The molecule has 1 amide bonds. The van der Waals surface area contributed by atoms with Crippen LogP contribution in [0.15, 0.2) is 0 Å². The summed E-state index contributed by atoms with van der Waals surface area (Å²) in [6, 6.07) is -1.14. The van der Waals surface area contributed by atoms with Crippen molar-refractivity contribution in [2.24, 2.45) is 5.92 Å². The Hall–Kier alpha value is -2.99. The second-order valence-electron chi connectivity index (χ2n) is 5.87. The molecule has 26 heavy (non-hydrogen) atoms. The maximum absolute atomic E-state index is 12.6. The number of carboxylic acids is 1. The summed E-state index contributed by atoms with van der Waals surface area (Å²) in [5.74, 6) is -4.19. The number of H-pyrrole nitrogens is 1. The van der Waals surface area contributed by atoms with Gasteiger partial charge in [0.1, 0.15) is 11.9 Å². The fourth-order valence-electron chi connectivity index (χ4n) is 2.07. The van der Waals surface area contributed by atoms with E-state index in [0.29, 0.717) is 0 Å². The van der Waals surface area contributed by atoms with Crippen LogP contribution in [0.5, 0.6) is 0 Å². The fourth-order valence-corrected chi connectivity index (χ4v) is 2.07. The third-order valence-electron chi connectivity index (χ3n) is 3.21. The van der Waals surface area contributed by atoms with Crippen molar-refractivity contribution in [2.75, 3.05) is 0 Å². The van der Waals surface area contributed by atoms with E-state index in [1.165, 1.54) is 6.92 Å². The van der Waals surface area contributed by atoms with Crippen LogP contribution in [0, 0.1) is 12.8 Å². The first kappa shape index (κ1) is 19.3. The van der Waals surface area contributed by atoms with Crippen LogP contribution in [-0.2, 0) is 11.0 Å². The highest BCUT2D eigenvalue weighted by Crippen LogP contribution is 2.26. The number of halogens is 3. The molecule has 2 heterocycles. The first-order chi connectivity index (χ1) is 12.0. The Balaban J connectivity index is 2.22. The number of aromatic nitrogens is 6. The predicted octanol–water partition coefficient (Wildman–Crippen LogP) is 0.942. The number of aryl methyl sites for hydroxylation is 1. The monoisotopic (exact) mass is 375 g/mol. The van der Waals surface area contributed by atoms with Crippen molar-refractivity contribution in [3.05, 3.63) is 17.5 Å². The number of alkyl halides is 3. The minimum Gasteiger partial charge on any atom is -0.480 e. The third kappa shape index (κ3) is 4.34. The molecule has 1 unspecified atom stereocenters. The molecule has 1 atom stereocenters. The highest BCUT2D eigenvalue weighted by molar-refractivity contribution is 5.93. The summed E-state index contributed by atoms with van der Waals surface area (Å²) in [6.07, 6.45) is -4.53. The van der Waals surface area contributed by atoms with Crippen molar-refractivity contribution in [3.63, 3.8) is 0 Å². The highest BCUT2D eigenvalue weighted by Gasteiger charge is 2.36. The Morgan fingerprint density at radius 2 is 1.96 bits per heavy atom. The largest absolute Gasteiger partial charge is 0.480 e. The molecular formula is C13H16F3N7O3. The summed E-state index contributed by atoms with van der Waals surface area (Å²) in [4.78, 5) is 30.4. The Morgan fingerprint density at radius 3 is 2.46 bits per heavy atom. The van der Waals surface area contributed by atoms with E-state index >= 15 is 0 Å². The van der Waals surface area contributed by atoms with E-state index in [1.54, 1.807) is 18.9 Å². The summed E-state index contributed by atoms with van der Waals surface area (Å²) >= 11 is 0. The van der Waals surface area contributed by atoms with Crippen molar-refractivity contribution < 1.29 is 27.9 Å². The second-order valence-corrected chi connectivity index (χ2v) is 5.87. The zero-order valence-electron chi connectivity index (χ0n) is 14.0. The number of aromatic amines is 1. The van der Waals surface area contributed by atoms with Crippen molar-refractivity contribution >= 4 is 11.9 Å². The number of nitrogens with one attached hydrogen (secondary N) is 2. The topological polar surface area (TPSA) is 139 Å². The van der Waals surface area contributed by atoms with Crippen molar-refractivity contribution in [2.45, 2.75) is 39.4 Å². The summed E-state index contributed by atoms with van der Waals surface area (Å²) in [5.41, 5.74) is 0. The smallest absolute Gasteiger partial charge is 0.451 e. The maximum Gasteiger partial charge on any atom is 0.451 e. The quantitative estimate of drug-likeness (QED) is 0.683. The van der Waals surface area contributed by atoms with E-state index in [9.17, 15) is 22.8 Å². The molecule has 2 aromatic rings. The van der Waals surface area contributed by atoms with Gasteiger partial charge in [-0.1, -0.05) is 13.8 Å². The number of nitrogens with zero attached hydrogens (tertiary/aromatic N) is 5. The number of carbonyl (C=O) groups is 2. The molecule has 0 bridgehead atoms. The summed E-state index contributed by atoms with van der Waals surface area (Å²) in [7, 11) is 0. The van der Waals surface area contributed by atoms with Crippen molar-refractivity contribution in [1.82, 2.24) is 35.3 Å². The number of aliphatic carboxylic acids is 1. The van der Waals surface area contributed by atoms with Crippen LogP contribution >= 0.6 is 0 Å². The van der Waals surface area contributed by atoms with Gasteiger partial charge in [0, 0.05) is 0 Å². The van der Waals surface area contributed by atoms with Crippen LogP contribution in [0.25, 0.3) is 5.95 Å². The van der Waals surface area contributed by atoms with Crippen LogP contribution < -0.4 is 5.32 Å². The first-order valence-electron chi connectivity index (χ1n) is 7.46. The molecule has 2 rings (SSSR count). The number of amides is 1. The molecule has 142 valence electrons. The number of carbonyl (C=O) groups excluding carboxylic acids is 1. The molecule has 3 N–H and O–H groups in total. The van der Waals surface area contributed by atoms with E-state index < -0.39 is 41.7 Å². The van der Waals surface area contributed by atoms with Gasteiger partial charge in [-0.05, 0) is 19.3 Å². The minimum absolute atomic E-state index is 0.0118. The van der Waals surface area contributed by atoms with Crippen molar-refractivity contribution in [3.8, 4) is 5.95 Å². The van der Waals surface area contributed by atoms with Crippen LogP contribution in [0.2, 0.25) is 0 Å². The molecule has 0 aliphatic rings. The zero-order chi connectivity index (χ0) is 19.6. The first-order valence-corrected chi connectivity index (χ1v) is 7.46. The summed E-state index contributed by atoms with van der Waals surface area (Å²) < 4.78 is 38.6. The molecule has 0 saturated heterocycles. The Labute approximate surface area is 144 Å². The van der Waals surface area contributed by atoms with Gasteiger partial charge in [-0.15, -0.1) is 10.2 Å². The normalized spacial score (nSPS) is 13.0. The number of hydrogen-bond acceptors (Lipinski definition) is 6. The van der Waals surface area contributed by atoms with Crippen LogP contribution in [0.4, 0.5) is 13.2 Å². The predicted molar refractivity (Wildman–Crippen MR) is 79.4 cm³/mol. The van der Waals surface area contributed by atoms with E-state index in [0.717, 1.165) is 4.68 Å². The maximum atomic E-state index is 12.6. The lowest BCUT2D eigenvalue weighted by Gasteiger charge is -2.15. The van der Waals surface area contributed by atoms with Gasteiger partial charge in [0.15, 0.2) is 0 Å². The van der Waals surface area contributed by atoms with Gasteiger partial charge in [-0.25, -0.2) is 9.78 Å². The molecule has 0 aromatic carbocycles. The Morgan fingerprint density at radius 1 is 1.31 bits per heavy atom. The van der Waals surface area contributed by atoms with E-state index in [2.05, 4.69) is 25.5 Å². The molecular weight excluding hydrogens is 359 g/mol. The SMILES string of the molecule is Cc1nc(C(=O)NC(CC(C)C)C(=O)O)nn1-c1n[nH]c(C(F)(F)F)n1. The van der Waals surface area contributed by atoms with Gasteiger partial charge < -0.3 is 10.4 Å². The standard InChI is InChI=1S/C13H16F3N7O3/c1-5(2)4-7(10(25)26)18-9(24)8-17-6(3)23(22-8)12-19-11(20-21-12)13(14,15)16/h5,7H,4H2,1-3H3,(H,18,24)(H,25,26)(H,19,20,21). The molecule has 13 heteroatoms. The van der Waals surface area contributed by atoms with Crippen LogP contribution in [-0.4, -0.2) is 53.0 Å². The number of rotatable bonds is 6. The molecule has 0 saturated carbocycles. The average molecular weight is 375 g/mol. The van der Waals surface area contributed by atoms with Crippen molar-refractivity contribution in [1.29, 1.82) is 0 Å². The van der Waals surface area contributed by atoms with Gasteiger partial charge in [0.2, 0.25) is 11.6 Å². The van der Waals surface area contributed by atoms with Crippen LogP contribution in [0.1, 0.15) is 42.5 Å².